The van der Waals surface area contributed by atoms with Crippen molar-refractivity contribution in [1.29, 1.82) is 0 Å². The monoisotopic (exact) mass is 240 g/mol. The van der Waals surface area contributed by atoms with Crippen molar-refractivity contribution >= 4 is 26.7 Å². The van der Waals surface area contributed by atoms with E-state index in [-0.39, 0.29) is 0 Å². The van der Waals surface area contributed by atoms with Gasteiger partial charge in [0, 0.05) is 28.1 Å². The highest BCUT2D eigenvalue weighted by Crippen LogP contribution is 2.17. The molecule has 2 unspecified atom stereocenters. The Hall–Kier alpha value is 0.630. The molecule has 0 amide bonds. The van der Waals surface area contributed by atoms with Crippen LogP contribution in [0.1, 0.15) is 20.3 Å². The molecule has 0 aromatic rings. The number of rotatable bonds is 5. The Balaban J connectivity index is 3.61. The van der Waals surface area contributed by atoms with Crippen LogP contribution in [0.25, 0.3) is 0 Å². The van der Waals surface area contributed by atoms with E-state index in [1.54, 1.807) is 6.26 Å². The van der Waals surface area contributed by atoms with Crippen LogP contribution in [-0.4, -0.2) is 21.5 Å². The van der Waals surface area contributed by atoms with Gasteiger partial charge in [-0.3, -0.25) is 4.21 Å². The van der Waals surface area contributed by atoms with Gasteiger partial charge < -0.3 is 0 Å². The zero-order chi connectivity index (χ0) is 8.85. The Bertz CT molecular complexity index is 125. The zero-order valence-electron chi connectivity index (χ0n) is 7.47. The maximum atomic E-state index is 10.8. The van der Waals surface area contributed by atoms with E-state index < -0.39 is 10.8 Å². The number of hydrogen-bond donors (Lipinski definition) is 0. The van der Waals surface area contributed by atoms with E-state index >= 15 is 0 Å². The summed E-state index contributed by atoms with van der Waals surface area (Å²) in [6, 6.07) is 0. The summed E-state index contributed by atoms with van der Waals surface area (Å²) in [5, 5.41) is 1.03. The Morgan fingerprint density at radius 3 is 2.27 bits per heavy atom. The molecular weight excluding hydrogens is 224 g/mol. The Kier molecular flexibility index (Phi) is 6.53. The second kappa shape index (κ2) is 6.18. The largest absolute Gasteiger partial charge is 0.260 e. The standard InChI is InChI=1S/C8H17BrOS/c1-7(2)8(6-9)4-5-11(3)10/h7-8H,4-6H2,1-3H3. The zero-order valence-corrected chi connectivity index (χ0v) is 9.87. The van der Waals surface area contributed by atoms with Gasteiger partial charge in [0.1, 0.15) is 0 Å². The average molecular weight is 241 g/mol. The van der Waals surface area contributed by atoms with Crippen LogP contribution >= 0.6 is 15.9 Å². The van der Waals surface area contributed by atoms with Crippen LogP contribution in [0.5, 0.6) is 0 Å². The van der Waals surface area contributed by atoms with E-state index in [4.69, 9.17) is 0 Å². The second-order valence-electron chi connectivity index (χ2n) is 3.22. The summed E-state index contributed by atoms with van der Waals surface area (Å²) in [6.07, 6.45) is 2.84. The quantitative estimate of drug-likeness (QED) is 0.675. The summed E-state index contributed by atoms with van der Waals surface area (Å²) in [4.78, 5) is 0. The van der Waals surface area contributed by atoms with Gasteiger partial charge in [0.25, 0.3) is 0 Å². The molecule has 0 aliphatic rings. The van der Waals surface area contributed by atoms with Crippen molar-refractivity contribution < 1.29 is 4.21 Å². The summed E-state index contributed by atoms with van der Waals surface area (Å²) >= 11 is 3.47. The molecule has 0 saturated carbocycles. The van der Waals surface area contributed by atoms with Crippen LogP contribution in [0.4, 0.5) is 0 Å². The van der Waals surface area contributed by atoms with Gasteiger partial charge in [0.05, 0.1) is 0 Å². The molecule has 0 radical (unpaired) electrons. The lowest BCUT2D eigenvalue weighted by atomic mass is 9.96. The van der Waals surface area contributed by atoms with Crippen LogP contribution < -0.4 is 0 Å². The molecule has 0 heterocycles. The molecule has 0 spiro atoms. The molecule has 68 valence electrons. The van der Waals surface area contributed by atoms with Crippen molar-refractivity contribution in [2.75, 3.05) is 17.3 Å². The highest BCUT2D eigenvalue weighted by molar-refractivity contribution is 9.09. The second-order valence-corrected chi connectivity index (χ2v) is 5.43. The van der Waals surface area contributed by atoms with Gasteiger partial charge in [-0.25, -0.2) is 0 Å². The van der Waals surface area contributed by atoms with Crippen LogP contribution in [0.3, 0.4) is 0 Å². The van der Waals surface area contributed by atoms with Crippen LogP contribution in [-0.2, 0) is 10.8 Å². The van der Waals surface area contributed by atoms with Crippen molar-refractivity contribution in [3.05, 3.63) is 0 Å². The Labute approximate surface area is 80.5 Å². The van der Waals surface area contributed by atoms with Crippen molar-refractivity contribution in [1.82, 2.24) is 0 Å². The summed E-state index contributed by atoms with van der Waals surface area (Å²) in [6.45, 7) is 4.43. The minimum atomic E-state index is -0.625. The predicted octanol–water partition coefficient (Wildman–Crippen LogP) is 2.42. The van der Waals surface area contributed by atoms with Gasteiger partial charge in [0.2, 0.25) is 0 Å². The third-order valence-corrected chi connectivity index (χ3v) is 3.56. The molecule has 11 heavy (non-hydrogen) atoms. The molecule has 0 aliphatic carbocycles. The van der Waals surface area contributed by atoms with Gasteiger partial charge in [-0.2, -0.15) is 0 Å². The van der Waals surface area contributed by atoms with Crippen molar-refractivity contribution in [3.8, 4) is 0 Å². The van der Waals surface area contributed by atoms with Crippen LogP contribution in [0.2, 0.25) is 0 Å². The predicted molar refractivity (Wildman–Crippen MR) is 55.7 cm³/mol. The summed E-state index contributed by atoms with van der Waals surface area (Å²) in [7, 11) is -0.625. The third-order valence-electron chi connectivity index (χ3n) is 1.92. The maximum absolute atomic E-state index is 10.8. The normalized spacial score (nSPS) is 16.8. The highest BCUT2D eigenvalue weighted by Gasteiger charge is 2.11. The van der Waals surface area contributed by atoms with Gasteiger partial charge >= 0.3 is 0 Å². The Morgan fingerprint density at radius 1 is 1.45 bits per heavy atom. The van der Waals surface area contributed by atoms with Gasteiger partial charge in [-0.15, -0.1) is 0 Å². The molecule has 1 nitrogen and oxygen atoms in total. The first-order chi connectivity index (χ1) is 5.07. The van der Waals surface area contributed by atoms with E-state index in [9.17, 15) is 4.21 Å². The number of alkyl halides is 1. The summed E-state index contributed by atoms with van der Waals surface area (Å²) in [5.74, 6) is 2.21. The molecule has 0 aromatic heterocycles. The minimum Gasteiger partial charge on any atom is -0.260 e. The summed E-state index contributed by atoms with van der Waals surface area (Å²) in [5.41, 5.74) is 0. The van der Waals surface area contributed by atoms with Crippen molar-refractivity contribution in [2.24, 2.45) is 11.8 Å². The van der Waals surface area contributed by atoms with E-state index in [0.29, 0.717) is 11.8 Å². The van der Waals surface area contributed by atoms with Gasteiger partial charge in [-0.05, 0) is 18.3 Å². The fourth-order valence-corrected chi connectivity index (χ4v) is 2.61. The molecule has 3 heteroatoms. The molecule has 0 N–H and O–H groups in total. The Morgan fingerprint density at radius 2 is 2.00 bits per heavy atom. The molecule has 0 bridgehead atoms. The first kappa shape index (κ1) is 11.6. The third kappa shape index (κ3) is 5.85. The fraction of sp³-hybridized carbons (Fsp3) is 1.00. The molecule has 2 atom stereocenters. The number of hydrogen-bond acceptors (Lipinski definition) is 1. The van der Waals surface area contributed by atoms with E-state index in [2.05, 4.69) is 29.8 Å². The van der Waals surface area contributed by atoms with E-state index in [0.717, 1.165) is 17.5 Å². The molecule has 0 rings (SSSR count). The van der Waals surface area contributed by atoms with Crippen molar-refractivity contribution in [3.63, 3.8) is 0 Å². The van der Waals surface area contributed by atoms with Gasteiger partial charge in [0.15, 0.2) is 0 Å². The van der Waals surface area contributed by atoms with Crippen molar-refractivity contribution in [2.45, 2.75) is 20.3 Å². The molecule has 0 aromatic carbocycles. The molecular formula is C8H17BrOS. The van der Waals surface area contributed by atoms with Gasteiger partial charge in [-0.1, -0.05) is 29.8 Å². The minimum absolute atomic E-state index is 0.625. The maximum Gasteiger partial charge on any atom is 0.0235 e. The summed E-state index contributed by atoms with van der Waals surface area (Å²) < 4.78 is 10.8. The topological polar surface area (TPSA) is 17.1 Å². The highest BCUT2D eigenvalue weighted by atomic mass is 79.9. The average Bonchev–Trinajstić information content (AvgIpc) is 1.87. The van der Waals surface area contributed by atoms with E-state index in [1.165, 1.54) is 0 Å². The van der Waals surface area contributed by atoms with Crippen LogP contribution in [0, 0.1) is 11.8 Å². The molecule has 0 saturated heterocycles. The smallest absolute Gasteiger partial charge is 0.0235 e. The number of halogens is 1. The first-order valence-corrected chi connectivity index (χ1v) is 6.78. The molecule has 0 aliphatic heterocycles. The lowest BCUT2D eigenvalue weighted by Gasteiger charge is -2.16. The fourth-order valence-electron chi connectivity index (χ4n) is 0.906. The SMILES string of the molecule is CC(C)C(CBr)CCS(C)=O. The first-order valence-electron chi connectivity index (χ1n) is 3.94. The van der Waals surface area contributed by atoms with E-state index in [1.807, 2.05) is 0 Å². The lowest BCUT2D eigenvalue weighted by molar-refractivity contribution is 0.419. The molecule has 0 fully saturated rings. The van der Waals surface area contributed by atoms with Crippen LogP contribution in [0.15, 0.2) is 0 Å². The lowest BCUT2D eigenvalue weighted by Crippen LogP contribution is -2.13.